The van der Waals surface area contributed by atoms with Crippen molar-refractivity contribution in [3.8, 4) is 5.75 Å². The third kappa shape index (κ3) is 5.98. The van der Waals surface area contributed by atoms with Gasteiger partial charge in [-0.05, 0) is 54.1 Å². The summed E-state index contributed by atoms with van der Waals surface area (Å²) in [7, 11) is 0. The molecule has 0 spiro atoms. The van der Waals surface area contributed by atoms with E-state index in [1.54, 1.807) is 60.9 Å². The quantitative estimate of drug-likeness (QED) is 0.290. The van der Waals surface area contributed by atoms with Gasteiger partial charge in [0, 0.05) is 29.3 Å². The highest BCUT2D eigenvalue weighted by molar-refractivity contribution is 6.04. The Morgan fingerprint density at radius 1 is 0.939 bits per heavy atom. The molecule has 0 fully saturated rings. The van der Waals surface area contributed by atoms with Gasteiger partial charge in [-0.2, -0.15) is 0 Å². The molecule has 1 unspecified atom stereocenters. The summed E-state index contributed by atoms with van der Waals surface area (Å²) >= 11 is 0. The molecule has 4 aromatic rings. The monoisotopic (exact) mass is 442 g/mol. The molecular weight excluding hydrogens is 420 g/mol. The van der Waals surface area contributed by atoms with E-state index in [0.717, 1.165) is 11.3 Å². The van der Waals surface area contributed by atoms with Gasteiger partial charge in [0.05, 0.1) is 6.42 Å². The number of H-pyrrole nitrogens is 1. The van der Waals surface area contributed by atoms with Gasteiger partial charge in [-0.25, -0.2) is 4.98 Å². The fourth-order valence-electron chi connectivity index (χ4n) is 3.21. The number of carbonyl (C=O) groups is 2. The summed E-state index contributed by atoms with van der Waals surface area (Å²) in [6.07, 6.45) is 2.59. The molecule has 0 aliphatic heterocycles. The number of nitrogens with one attached hydrogen (secondary N) is 3. The molecule has 1 atom stereocenters. The molecule has 0 saturated heterocycles. The smallest absolute Gasteiger partial charge is 0.307 e. The van der Waals surface area contributed by atoms with Crippen molar-refractivity contribution in [1.29, 1.82) is 0 Å². The second-order valence-electron chi connectivity index (χ2n) is 7.23. The standard InChI is InChI=1S/C25H22N4O4/c30-23(31)16-22(17-4-2-1-3-5-17)33-21-12-10-19(11-13-21)28-24(32)18-6-8-20(9-7-18)29-25-26-14-15-27-25/h1-15,22H,16H2,(H,28,32)(H,30,31)(H2,26,27,29). The SMILES string of the molecule is O=C(O)CC(Oc1ccc(NC(=O)c2ccc(Nc3ncc[nH]3)cc2)cc1)c1ccccc1. The summed E-state index contributed by atoms with van der Waals surface area (Å²) in [5, 5.41) is 15.2. The predicted molar refractivity (Wildman–Crippen MR) is 125 cm³/mol. The molecule has 3 aromatic carbocycles. The lowest BCUT2D eigenvalue weighted by molar-refractivity contribution is -0.138. The average Bonchev–Trinajstić information content (AvgIpc) is 3.34. The number of aliphatic carboxylic acids is 1. The normalized spacial score (nSPS) is 11.4. The van der Waals surface area contributed by atoms with Crippen LogP contribution in [0.3, 0.4) is 0 Å². The minimum Gasteiger partial charge on any atom is -0.485 e. The number of imidazole rings is 1. The van der Waals surface area contributed by atoms with E-state index in [1.807, 2.05) is 30.3 Å². The Bertz CT molecular complexity index is 1190. The number of anilines is 3. The van der Waals surface area contributed by atoms with Crippen LogP contribution in [-0.4, -0.2) is 27.0 Å². The van der Waals surface area contributed by atoms with Gasteiger partial charge in [0.25, 0.3) is 5.91 Å². The average molecular weight is 442 g/mol. The van der Waals surface area contributed by atoms with Crippen molar-refractivity contribution >= 4 is 29.2 Å². The first-order valence-corrected chi connectivity index (χ1v) is 10.3. The lowest BCUT2D eigenvalue weighted by Gasteiger charge is -2.18. The fraction of sp³-hybridized carbons (Fsp3) is 0.0800. The van der Waals surface area contributed by atoms with Crippen LogP contribution in [0.2, 0.25) is 0 Å². The molecule has 166 valence electrons. The number of hydrogen-bond acceptors (Lipinski definition) is 5. The number of aromatic nitrogens is 2. The summed E-state index contributed by atoms with van der Waals surface area (Å²) in [5.74, 6) is -0.0665. The largest absolute Gasteiger partial charge is 0.485 e. The highest BCUT2D eigenvalue weighted by atomic mass is 16.5. The van der Waals surface area contributed by atoms with Crippen molar-refractivity contribution in [3.05, 3.63) is 102 Å². The van der Waals surface area contributed by atoms with E-state index in [-0.39, 0.29) is 12.3 Å². The van der Waals surface area contributed by atoms with Gasteiger partial charge in [-0.15, -0.1) is 0 Å². The van der Waals surface area contributed by atoms with Crippen LogP contribution < -0.4 is 15.4 Å². The Labute approximate surface area is 190 Å². The van der Waals surface area contributed by atoms with Crippen molar-refractivity contribution in [2.75, 3.05) is 10.6 Å². The molecule has 1 heterocycles. The minimum atomic E-state index is -0.946. The number of rotatable bonds is 9. The molecule has 1 aromatic heterocycles. The van der Waals surface area contributed by atoms with E-state index in [0.29, 0.717) is 22.9 Å². The zero-order chi connectivity index (χ0) is 23.0. The van der Waals surface area contributed by atoms with Crippen LogP contribution in [0.5, 0.6) is 5.75 Å². The van der Waals surface area contributed by atoms with Crippen molar-refractivity contribution in [1.82, 2.24) is 9.97 Å². The summed E-state index contributed by atoms with van der Waals surface area (Å²) in [6, 6.07) is 23.0. The van der Waals surface area contributed by atoms with Crippen LogP contribution in [0.4, 0.5) is 17.3 Å². The van der Waals surface area contributed by atoms with Gasteiger partial charge in [-0.3, -0.25) is 9.59 Å². The molecule has 1 amide bonds. The second-order valence-corrected chi connectivity index (χ2v) is 7.23. The van der Waals surface area contributed by atoms with Crippen LogP contribution in [0.25, 0.3) is 0 Å². The van der Waals surface area contributed by atoms with Crippen molar-refractivity contribution < 1.29 is 19.4 Å². The maximum Gasteiger partial charge on any atom is 0.307 e. The minimum absolute atomic E-state index is 0.159. The maximum absolute atomic E-state index is 12.6. The van der Waals surface area contributed by atoms with Crippen molar-refractivity contribution in [2.24, 2.45) is 0 Å². The Morgan fingerprint density at radius 3 is 2.27 bits per heavy atom. The van der Waals surface area contributed by atoms with Crippen LogP contribution in [-0.2, 0) is 4.79 Å². The Balaban J connectivity index is 1.37. The van der Waals surface area contributed by atoms with Gasteiger partial charge in [0.2, 0.25) is 5.95 Å². The van der Waals surface area contributed by atoms with Crippen LogP contribution in [0.1, 0.15) is 28.4 Å². The third-order valence-electron chi connectivity index (χ3n) is 4.83. The van der Waals surface area contributed by atoms with Gasteiger partial charge < -0.3 is 25.5 Å². The molecule has 0 aliphatic rings. The van der Waals surface area contributed by atoms with E-state index in [1.165, 1.54) is 0 Å². The number of benzene rings is 3. The number of aromatic amines is 1. The number of ether oxygens (including phenoxy) is 1. The number of nitrogens with zero attached hydrogens (tertiary/aromatic N) is 1. The number of hydrogen-bond donors (Lipinski definition) is 4. The van der Waals surface area contributed by atoms with Crippen LogP contribution in [0.15, 0.2) is 91.3 Å². The fourth-order valence-corrected chi connectivity index (χ4v) is 3.21. The van der Waals surface area contributed by atoms with E-state index in [9.17, 15) is 14.7 Å². The topological polar surface area (TPSA) is 116 Å². The van der Waals surface area contributed by atoms with E-state index in [2.05, 4.69) is 20.6 Å². The Kier molecular flexibility index (Phi) is 6.65. The van der Waals surface area contributed by atoms with Crippen molar-refractivity contribution in [2.45, 2.75) is 12.5 Å². The number of carboxylic acid groups (broad SMARTS) is 1. The summed E-state index contributed by atoms with van der Waals surface area (Å²) in [6.45, 7) is 0. The van der Waals surface area contributed by atoms with Gasteiger partial charge >= 0.3 is 5.97 Å². The Hall–Kier alpha value is -4.59. The van der Waals surface area contributed by atoms with Crippen molar-refractivity contribution in [3.63, 3.8) is 0 Å². The zero-order valence-corrected chi connectivity index (χ0v) is 17.6. The lowest BCUT2D eigenvalue weighted by atomic mass is 10.1. The van der Waals surface area contributed by atoms with Gasteiger partial charge in [0.15, 0.2) is 0 Å². The molecule has 0 bridgehead atoms. The van der Waals surface area contributed by atoms with Gasteiger partial charge in [-0.1, -0.05) is 30.3 Å². The molecule has 0 saturated carbocycles. The summed E-state index contributed by atoms with van der Waals surface area (Å²) in [5.41, 5.74) is 2.69. The Morgan fingerprint density at radius 2 is 1.64 bits per heavy atom. The highest BCUT2D eigenvalue weighted by Crippen LogP contribution is 2.26. The van der Waals surface area contributed by atoms with E-state index in [4.69, 9.17) is 4.74 Å². The number of carboxylic acids is 1. The first kappa shape index (κ1) is 21.6. The molecule has 0 aliphatic carbocycles. The highest BCUT2D eigenvalue weighted by Gasteiger charge is 2.17. The van der Waals surface area contributed by atoms with Gasteiger partial charge in [0.1, 0.15) is 11.9 Å². The van der Waals surface area contributed by atoms with E-state index < -0.39 is 12.1 Å². The predicted octanol–water partition coefficient (Wildman–Crippen LogP) is 5.00. The molecule has 4 rings (SSSR count). The molecule has 8 heteroatoms. The molecule has 8 nitrogen and oxygen atoms in total. The lowest BCUT2D eigenvalue weighted by Crippen LogP contribution is -2.13. The molecule has 4 N–H and O–H groups in total. The number of amides is 1. The summed E-state index contributed by atoms with van der Waals surface area (Å²) < 4.78 is 5.90. The van der Waals surface area contributed by atoms with E-state index >= 15 is 0 Å². The molecule has 33 heavy (non-hydrogen) atoms. The zero-order valence-electron chi connectivity index (χ0n) is 17.6. The third-order valence-corrected chi connectivity index (χ3v) is 4.83. The molecule has 0 radical (unpaired) electrons. The number of carbonyl (C=O) groups excluding carboxylic acids is 1. The van der Waals surface area contributed by atoms with Crippen LogP contribution >= 0.6 is 0 Å². The second kappa shape index (κ2) is 10.1. The van der Waals surface area contributed by atoms with Crippen LogP contribution in [0, 0.1) is 0 Å². The molecular formula is C25H22N4O4. The first-order valence-electron chi connectivity index (χ1n) is 10.3. The first-order chi connectivity index (χ1) is 16.1. The summed E-state index contributed by atoms with van der Waals surface area (Å²) in [4.78, 5) is 30.9. The maximum atomic E-state index is 12.6.